The van der Waals surface area contributed by atoms with Gasteiger partial charge in [-0.1, -0.05) is 48.0 Å². The van der Waals surface area contributed by atoms with Gasteiger partial charge >= 0.3 is 0 Å². The van der Waals surface area contributed by atoms with Gasteiger partial charge in [0, 0.05) is 29.5 Å². The molecule has 1 aliphatic heterocycles. The van der Waals surface area contributed by atoms with Crippen molar-refractivity contribution in [3.63, 3.8) is 0 Å². The highest BCUT2D eigenvalue weighted by Crippen LogP contribution is 2.35. The first-order valence-corrected chi connectivity index (χ1v) is 9.04. The van der Waals surface area contributed by atoms with Gasteiger partial charge < -0.3 is 9.67 Å². The summed E-state index contributed by atoms with van der Waals surface area (Å²) in [7, 11) is 0. The molecule has 0 spiro atoms. The van der Waals surface area contributed by atoms with Crippen molar-refractivity contribution >= 4 is 11.6 Å². The van der Waals surface area contributed by atoms with Crippen molar-refractivity contribution in [2.75, 3.05) is 0 Å². The lowest BCUT2D eigenvalue weighted by Crippen LogP contribution is -2.16. The highest BCUT2D eigenvalue weighted by Gasteiger charge is 2.30. The molecule has 134 valence electrons. The number of hydrogen-bond donors (Lipinski definition) is 1. The predicted octanol–water partition coefficient (Wildman–Crippen LogP) is 4.91. The van der Waals surface area contributed by atoms with Crippen molar-refractivity contribution in [1.82, 2.24) is 9.55 Å². The average Bonchev–Trinajstić information content (AvgIpc) is 3.15. The Labute approximate surface area is 157 Å². The number of rotatable bonds is 3. The molecular formula is C21H20ClFN2O. The second kappa shape index (κ2) is 6.22. The summed E-state index contributed by atoms with van der Waals surface area (Å²) in [4.78, 5) is 4.53. The topological polar surface area (TPSA) is 38.1 Å². The Balaban J connectivity index is 1.62. The molecule has 3 nitrogen and oxygen atoms in total. The number of aliphatic hydroxyl groups is 1. The molecule has 0 amide bonds. The van der Waals surface area contributed by atoms with Gasteiger partial charge in [-0.15, -0.1) is 0 Å². The highest BCUT2D eigenvalue weighted by molar-refractivity contribution is 6.30. The third-order valence-electron chi connectivity index (χ3n) is 5.00. The van der Waals surface area contributed by atoms with E-state index in [0.29, 0.717) is 23.7 Å². The lowest BCUT2D eigenvalue weighted by atomic mass is 9.91. The molecule has 1 aliphatic rings. The van der Waals surface area contributed by atoms with Crippen LogP contribution in [0.4, 0.5) is 4.39 Å². The first kappa shape index (κ1) is 17.3. The summed E-state index contributed by atoms with van der Waals surface area (Å²) in [5.41, 5.74) is 2.18. The van der Waals surface area contributed by atoms with Crippen LogP contribution in [-0.4, -0.2) is 14.7 Å². The number of fused-ring (bicyclic) bond motifs is 1. The van der Waals surface area contributed by atoms with Gasteiger partial charge in [-0.2, -0.15) is 4.39 Å². The second-order valence-corrected chi connectivity index (χ2v) is 7.81. The Morgan fingerprint density at radius 2 is 1.92 bits per heavy atom. The third kappa shape index (κ3) is 3.04. The Bertz CT molecular complexity index is 957. The fourth-order valence-corrected chi connectivity index (χ4v) is 3.64. The van der Waals surface area contributed by atoms with Crippen LogP contribution in [0, 0.1) is 5.95 Å². The Kier molecular flexibility index (Phi) is 4.13. The van der Waals surface area contributed by atoms with Crippen LogP contribution in [0.2, 0.25) is 5.02 Å². The van der Waals surface area contributed by atoms with E-state index in [4.69, 9.17) is 11.6 Å². The molecule has 2 aromatic carbocycles. The summed E-state index contributed by atoms with van der Waals surface area (Å²) in [5.74, 6) is 0.614. The quantitative estimate of drug-likeness (QED) is 0.711. The van der Waals surface area contributed by atoms with Gasteiger partial charge in [0.2, 0.25) is 5.95 Å². The van der Waals surface area contributed by atoms with Gasteiger partial charge in [-0.25, -0.2) is 4.98 Å². The van der Waals surface area contributed by atoms with E-state index in [1.54, 1.807) is 42.7 Å². The van der Waals surface area contributed by atoms with E-state index in [2.05, 4.69) is 4.98 Å². The van der Waals surface area contributed by atoms with Crippen LogP contribution >= 0.6 is 11.6 Å². The Hall–Kier alpha value is -2.17. The number of hydrogen-bond acceptors (Lipinski definition) is 2. The zero-order chi connectivity index (χ0) is 18.5. The maximum atomic E-state index is 14.9. The molecule has 1 unspecified atom stereocenters. The molecule has 5 heteroatoms. The monoisotopic (exact) mass is 370 g/mol. The fourth-order valence-electron chi connectivity index (χ4n) is 3.51. The van der Waals surface area contributed by atoms with Gasteiger partial charge in [0.25, 0.3) is 0 Å². The van der Waals surface area contributed by atoms with E-state index in [1.165, 1.54) is 0 Å². The molecule has 3 aromatic rings. The SMILES string of the molecule is CC(C)(O)c1cccc(C2Cc3nc(-c4ccc(Cl)cc4)c(F)n3C2)c1. The molecule has 0 aliphatic carbocycles. The first-order chi connectivity index (χ1) is 12.3. The van der Waals surface area contributed by atoms with E-state index in [1.807, 2.05) is 24.3 Å². The summed E-state index contributed by atoms with van der Waals surface area (Å²) in [6.07, 6.45) is 0.680. The highest BCUT2D eigenvalue weighted by atomic mass is 35.5. The molecule has 0 bridgehead atoms. The number of nitrogens with zero attached hydrogens (tertiary/aromatic N) is 2. The molecule has 2 heterocycles. The first-order valence-electron chi connectivity index (χ1n) is 8.66. The Morgan fingerprint density at radius 3 is 2.58 bits per heavy atom. The van der Waals surface area contributed by atoms with Crippen molar-refractivity contribution in [2.24, 2.45) is 0 Å². The summed E-state index contributed by atoms with van der Waals surface area (Å²) in [6, 6.07) is 15.0. The van der Waals surface area contributed by atoms with Gasteiger partial charge in [0.1, 0.15) is 11.5 Å². The van der Waals surface area contributed by atoms with Crippen molar-refractivity contribution in [1.29, 1.82) is 0 Å². The molecule has 26 heavy (non-hydrogen) atoms. The average molecular weight is 371 g/mol. The van der Waals surface area contributed by atoms with Crippen molar-refractivity contribution in [3.05, 3.63) is 76.5 Å². The third-order valence-corrected chi connectivity index (χ3v) is 5.25. The fraction of sp³-hybridized carbons (Fsp3) is 0.286. The minimum absolute atomic E-state index is 0.161. The van der Waals surface area contributed by atoms with Crippen LogP contribution in [0.1, 0.15) is 36.7 Å². The van der Waals surface area contributed by atoms with Crippen LogP contribution in [0.3, 0.4) is 0 Å². The van der Waals surface area contributed by atoms with Gasteiger partial charge in [0.15, 0.2) is 0 Å². The van der Waals surface area contributed by atoms with Crippen LogP contribution in [0.25, 0.3) is 11.3 Å². The van der Waals surface area contributed by atoms with E-state index < -0.39 is 5.60 Å². The molecule has 1 N–H and O–H groups in total. The zero-order valence-electron chi connectivity index (χ0n) is 14.7. The summed E-state index contributed by atoms with van der Waals surface area (Å²) < 4.78 is 16.6. The van der Waals surface area contributed by atoms with Gasteiger partial charge in [0.05, 0.1) is 5.60 Å². The van der Waals surface area contributed by atoms with Crippen molar-refractivity contribution in [3.8, 4) is 11.3 Å². The summed E-state index contributed by atoms with van der Waals surface area (Å²) in [6.45, 7) is 4.09. The maximum absolute atomic E-state index is 14.9. The lowest BCUT2D eigenvalue weighted by molar-refractivity contribution is 0.0785. The van der Waals surface area contributed by atoms with Crippen LogP contribution < -0.4 is 0 Å². The van der Waals surface area contributed by atoms with E-state index in [0.717, 1.165) is 22.5 Å². The Morgan fingerprint density at radius 1 is 1.19 bits per heavy atom. The number of benzene rings is 2. The van der Waals surface area contributed by atoms with Crippen LogP contribution in [0.5, 0.6) is 0 Å². The number of imidazole rings is 1. The zero-order valence-corrected chi connectivity index (χ0v) is 15.5. The van der Waals surface area contributed by atoms with E-state index in [9.17, 15) is 9.50 Å². The molecule has 0 saturated heterocycles. The maximum Gasteiger partial charge on any atom is 0.221 e. The van der Waals surface area contributed by atoms with Gasteiger partial charge in [-0.05, 0) is 37.1 Å². The minimum Gasteiger partial charge on any atom is -0.386 e. The molecule has 1 atom stereocenters. The van der Waals surface area contributed by atoms with Crippen LogP contribution in [0.15, 0.2) is 48.5 Å². The van der Waals surface area contributed by atoms with Crippen molar-refractivity contribution < 1.29 is 9.50 Å². The van der Waals surface area contributed by atoms with E-state index >= 15 is 0 Å². The lowest BCUT2D eigenvalue weighted by Gasteiger charge is -2.20. The van der Waals surface area contributed by atoms with Gasteiger partial charge in [-0.3, -0.25) is 0 Å². The second-order valence-electron chi connectivity index (χ2n) is 7.37. The molecule has 0 fully saturated rings. The van der Waals surface area contributed by atoms with E-state index in [-0.39, 0.29) is 11.9 Å². The molecule has 0 saturated carbocycles. The molecular weight excluding hydrogens is 351 g/mol. The summed E-state index contributed by atoms with van der Waals surface area (Å²) in [5, 5.41) is 10.8. The predicted molar refractivity (Wildman–Crippen MR) is 101 cm³/mol. The number of halogens is 2. The standard InChI is InChI=1S/C21H20ClFN2O/c1-21(2,26)16-5-3-4-14(10-16)15-11-18-24-19(20(23)25(18)12-15)13-6-8-17(22)9-7-13/h3-10,15,26H,11-12H2,1-2H3. The molecule has 4 rings (SSSR count). The normalized spacial score (nSPS) is 16.7. The van der Waals surface area contributed by atoms with Crippen molar-refractivity contribution in [2.45, 2.75) is 38.3 Å². The smallest absolute Gasteiger partial charge is 0.221 e. The molecule has 0 radical (unpaired) electrons. The largest absolute Gasteiger partial charge is 0.386 e. The van der Waals surface area contributed by atoms with Crippen LogP contribution in [-0.2, 0) is 18.6 Å². The summed E-state index contributed by atoms with van der Waals surface area (Å²) >= 11 is 5.91. The minimum atomic E-state index is -0.894. The molecule has 1 aromatic heterocycles. The number of aromatic nitrogens is 2.